The first-order valence-corrected chi connectivity index (χ1v) is 12.0. The van der Waals surface area contributed by atoms with E-state index >= 15 is 0 Å². The molecule has 182 valence electrons. The Bertz CT molecular complexity index is 1550. The molecule has 0 aliphatic heterocycles. The van der Waals surface area contributed by atoms with Crippen molar-refractivity contribution in [2.75, 3.05) is 0 Å². The number of nitro benzene ring substituents is 1. The lowest BCUT2D eigenvalue weighted by Crippen LogP contribution is -2.19. The molecule has 0 bridgehead atoms. The second kappa shape index (κ2) is 10.2. The molecule has 0 saturated heterocycles. The predicted molar refractivity (Wildman–Crippen MR) is 133 cm³/mol. The zero-order valence-corrected chi connectivity index (χ0v) is 19.8. The largest absolute Gasteiger partial charge is 0.379 e. The molecule has 0 aliphatic rings. The number of hydrogen-bond donors (Lipinski definition) is 1. The van der Waals surface area contributed by atoms with Crippen LogP contribution in [-0.4, -0.2) is 30.0 Å². The molecule has 1 amide bonds. The highest BCUT2D eigenvalue weighted by molar-refractivity contribution is 7.87. The fourth-order valence-electron chi connectivity index (χ4n) is 3.34. The van der Waals surface area contributed by atoms with Crippen LogP contribution in [0.1, 0.15) is 21.5 Å². The molecule has 36 heavy (non-hydrogen) atoms. The Labute approximate surface area is 206 Å². The highest BCUT2D eigenvalue weighted by Crippen LogP contribution is 2.25. The second-order valence-corrected chi connectivity index (χ2v) is 9.16. The summed E-state index contributed by atoms with van der Waals surface area (Å²) >= 11 is 0. The number of carbonyl (C=O) groups excluding carboxylic acids is 1. The number of hydrazone groups is 1. The van der Waals surface area contributed by atoms with Crippen LogP contribution < -0.4 is 9.61 Å². The van der Waals surface area contributed by atoms with Crippen LogP contribution in [0.3, 0.4) is 0 Å². The summed E-state index contributed by atoms with van der Waals surface area (Å²) in [5.41, 5.74) is 4.22. The molecule has 0 saturated carbocycles. The average molecular weight is 505 g/mol. The molecular formula is C25H20N4O6S. The van der Waals surface area contributed by atoms with E-state index in [1.165, 1.54) is 37.4 Å². The zero-order valence-electron chi connectivity index (χ0n) is 18.9. The lowest BCUT2D eigenvalue weighted by atomic mass is 10.1. The van der Waals surface area contributed by atoms with Gasteiger partial charge in [0.2, 0.25) is 0 Å². The fourth-order valence-corrected chi connectivity index (χ4v) is 4.29. The number of amides is 1. The van der Waals surface area contributed by atoms with Crippen molar-refractivity contribution in [1.29, 1.82) is 0 Å². The number of hydrogen-bond acceptors (Lipinski definition) is 7. The minimum Gasteiger partial charge on any atom is -0.379 e. The minimum absolute atomic E-state index is 0.0139. The number of aromatic nitrogens is 1. The Morgan fingerprint density at radius 2 is 1.72 bits per heavy atom. The van der Waals surface area contributed by atoms with E-state index in [9.17, 15) is 23.3 Å². The summed E-state index contributed by atoms with van der Waals surface area (Å²) in [5.74, 6) is -0.381. The van der Waals surface area contributed by atoms with Crippen molar-refractivity contribution in [3.05, 3.63) is 118 Å². The first-order chi connectivity index (χ1) is 17.2. The summed E-state index contributed by atoms with van der Waals surface area (Å²) < 4.78 is 32.0. The van der Waals surface area contributed by atoms with Gasteiger partial charge in [-0.1, -0.05) is 18.2 Å². The van der Waals surface area contributed by atoms with E-state index in [2.05, 4.69) is 10.5 Å². The van der Waals surface area contributed by atoms with Gasteiger partial charge in [0.15, 0.2) is 0 Å². The van der Waals surface area contributed by atoms with Crippen molar-refractivity contribution in [3.63, 3.8) is 0 Å². The monoisotopic (exact) mass is 504 g/mol. The van der Waals surface area contributed by atoms with E-state index in [4.69, 9.17) is 4.18 Å². The topological polar surface area (TPSA) is 133 Å². The number of para-hydroxylation sites is 1. The third-order valence-corrected chi connectivity index (χ3v) is 6.41. The Balaban J connectivity index is 1.42. The number of aryl methyl sites for hydroxylation is 1. The van der Waals surface area contributed by atoms with Crippen molar-refractivity contribution in [3.8, 4) is 11.4 Å². The molecule has 0 atom stereocenters. The summed E-state index contributed by atoms with van der Waals surface area (Å²) in [7, 11) is -4.28. The molecule has 10 nitrogen and oxygen atoms in total. The van der Waals surface area contributed by atoms with Gasteiger partial charge in [-0.05, 0) is 67.1 Å². The van der Waals surface area contributed by atoms with Gasteiger partial charge in [0, 0.05) is 24.0 Å². The van der Waals surface area contributed by atoms with Crippen LogP contribution in [0, 0.1) is 17.0 Å². The molecule has 4 aromatic rings. The van der Waals surface area contributed by atoms with E-state index in [-0.39, 0.29) is 16.3 Å². The van der Waals surface area contributed by atoms with Gasteiger partial charge in [-0.15, -0.1) is 0 Å². The Kier molecular flexibility index (Phi) is 6.93. The molecule has 0 fully saturated rings. The molecule has 1 N–H and O–H groups in total. The first-order valence-electron chi connectivity index (χ1n) is 10.6. The highest BCUT2D eigenvalue weighted by Gasteiger charge is 2.21. The number of benzene rings is 3. The molecule has 4 rings (SSSR count). The third kappa shape index (κ3) is 5.47. The molecule has 0 spiro atoms. The number of rotatable bonds is 8. The summed E-state index contributed by atoms with van der Waals surface area (Å²) in [4.78, 5) is 22.7. The lowest BCUT2D eigenvalue weighted by Gasteiger charge is -2.09. The van der Waals surface area contributed by atoms with Crippen LogP contribution in [0.4, 0.5) is 5.69 Å². The molecule has 0 radical (unpaired) electrons. The standard InChI is InChI=1S/C25H20N4O6S/c1-18-8-13-21(16-24(18)29(31)32)36(33,34)35-20-11-9-19(10-12-20)17-26-27-25(30)22-6-2-3-7-23(22)28-14-4-5-15-28/h2-17H,1H3,(H,27,30)/b26-17-. The fraction of sp³-hybridized carbons (Fsp3) is 0.0400. The number of carbonyl (C=O) groups is 1. The van der Waals surface area contributed by atoms with E-state index in [1.807, 2.05) is 41.2 Å². The smallest absolute Gasteiger partial charge is 0.339 e. The zero-order chi connectivity index (χ0) is 25.7. The molecule has 0 aliphatic carbocycles. The number of nitrogens with zero attached hydrogens (tertiary/aromatic N) is 3. The van der Waals surface area contributed by atoms with Crippen LogP contribution in [0.5, 0.6) is 5.75 Å². The van der Waals surface area contributed by atoms with Crippen molar-refractivity contribution in [1.82, 2.24) is 9.99 Å². The lowest BCUT2D eigenvalue weighted by molar-refractivity contribution is -0.385. The van der Waals surface area contributed by atoms with Crippen molar-refractivity contribution >= 4 is 27.9 Å². The SMILES string of the molecule is Cc1ccc(S(=O)(=O)Oc2ccc(/C=N\NC(=O)c3ccccc3-n3cccc3)cc2)cc1[N+](=O)[O-]. The Morgan fingerprint density at radius 3 is 2.42 bits per heavy atom. The normalized spacial score (nSPS) is 11.4. The van der Waals surface area contributed by atoms with E-state index in [0.717, 1.165) is 6.07 Å². The van der Waals surface area contributed by atoms with Gasteiger partial charge in [0.25, 0.3) is 11.6 Å². The third-order valence-electron chi connectivity index (χ3n) is 5.16. The molecule has 0 unspecified atom stereocenters. The molecule has 11 heteroatoms. The van der Waals surface area contributed by atoms with Crippen LogP contribution >= 0.6 is 0 Å². The van der Waals surface area contributed by atoms with Gasteiger partial charge in [-0.3, -0.25) is 14.9 Å². The summed E-state index contributed by atoms with van der Waals surface area (Å²) in [6.07, 6.45) is 5.07. The quantitative estimate of drug-likeness (QED) is 0.165. The maximum absolute atomic E-state index is 12.6. The van der Waals surface area contributed by atoms with Crippen LogP contribution in [-0.2, 0) is 10.1 Å². The Hall–Kier alpha value is -4.77. The average Bonchev–Trinajstić information content (AvgIpc) is 3.40. The first kappa shape index (κ1) is 24.4. The van der Waals surface area contributed by atoms with Gasteiger partial charge in [0.05, 0.1) is 22.4 Å². The van der Waals surface area contributed by atoms with Crippen molar-refractivity contribution in [2.24, 2.45) is 5.10 Å². The second-order valence-electron chi connectivity index (χ2n) is 7.62. The number of nitrogens with one attached hydrogen (secondary N) is 1. The van der Waals surface area contributed by atoms with Gasteiger partial charge >= 0.3 is 10.1 Å². The van der Waals surface area contributed by atoms with Gasteiger partial charge in [-0.25, -0.2) is 5.43 Å². The van der Waals surface area contributed by atoms with Crippen molar-refractivity contribution < 1.29 is 22.3 Å². The molecule has 3 aromatic carbocycles. The van der Waals surface area contributed by atoms with Gasteiger partial charge in [-0.2, -0.15) is 13.5 Å². The number of nitro groups is 1. The van der Waals surface area contributed by atoms with E-state index < -0.39 is 20.9 Å². The highest BCUT2D eigenvalue weighted by atomic mass is 32.2. The van der Waals surface area contributed by atoms with Crippen LogP contribution in [0.25, 0.3) is 5.69 Å². The molecule has 1 aromatic heterocycles. The summed E-state index contributed by atoms with van der Waals surface area (Å²) in [6.45, 7) is 1.51. The summed E-state index contributed by atoms with van der Waals surface area (Å²) in [5, 5.41) is 15.1. The molecular weight excluding hydrogens is 484 g/mol. The van der Waals surface area contributed by atoms with Gasteiger partial charge in [0.1, 0.15) is 10.6 Å². The molecule has 1 heterocycles. The maximum Gasteiger partial charge on any atom is 0.339 e. The Morgan fingerprint density at radius 1 is 1.03 bits per heavy atom. The van der Waals surface area contributed by atoms with Crippen molar-refractivity contribution in [2.45, 2.75) is 11.8 Å². The maximum atomic E-state index is 12.6. The van der Waals surface area contributed by atoms with Gasteiger partial charge < -0.3 is 8.75 Å². The van der Waals surface area contributed by atoms with E-state index in [1.54, 1.807) is 24.3 Å². The van der Waals surface area contributed by atoms with Crippen LogP contribution in [0.15, 0.2) is 101 Å². The summed E-state index contributed by atoms with van der Waals surface area (Å²) in [6, 6.07) is 20.3. The predicted octanol–water partition coefficient (Wildman–Crippen LogP) is 4.23. The minimum atomic E-state index is -4.28. The van der Waals surface area contributed by atoms with E-state index in [0.29, 0.717) is 22.4 Å². The van der Waals surface area contributed by atoms with Crippen LogP contribution in [0.2, 0.25) is 0 Å².